The minimum Gasteiger partial charge on any atom is -0.268 e. The van der Waals surface area contributed by atoms with Gasteiger partial charge in [0.1, 0.15) is 0 Å². The van der Waals surface area contributed by atoms with Gasteiger partial charge in [-0.15, -0.1) is 0 Å². The molecule has 2 rings (SSSR count). The standard InChI is InChI=1S/C15H11N3O3/c16-11-17(10-12-4-2-1-3-5-12)15(19)13-6-8-14(9-7-13)18(20)21/h1-9H,10H2. The van der Waals surface area contributed by atoms with Crippen LogP contribution in [-0.2, 0) is 6.54 Å². The Morgan fingerprint density at radius 3 is 2.29 bits per heavy atom. The van der Waals surface area contributed by atoms with Gasteiger partial charge in [0.25, 0.3) is 11.6 Å². The van der Waals surface area contributed by atoms with Gasteiger partial charge in [-0.2, -0.15) is 5.26 Å². The van der Waals surface area contributed by atoms with Crippen LogP contribution in [0.3, 0.4) is 0 Å². The lowest BCUT2D eigenvalue weighted by Gasteiger charge is -2.13. The summed E-state index contributed by atoms with van der Waals surface area (Å²) >= 11 is 0. The molecule has 0 aliphatic rings. The fraction of sp³-hybridized carbons (Fsp3) is 0.0667. The molecule has 0 aliphatic heterocycles. The first-order valence-electron chi connectivity index (χ1n) is 6.12. The van der Waals surface area contributed by atoms with E-state index in [1.165, 1.54) is 24.3 Å². The topological polar surface area (TPSA) is 87.2 Å². The van der Waals surface area contributed by atoms with Crippen molar-refractivity contribution in [2.24, 2.45) is 0 Å². The molecule has 1 amide bonds. The van der Waals surface area contributed by atoms with Crippen molar-refractivity contribution in [1.82, 2.24) is 4.90 Å². The molecule has 0 atom stereocenters. The van der Waals surface area contributed by atoms with Gasteiger partial charge < -0.3 is 0 Å². The van der Waals surface area contributed by atoms with Gasteiger partial charge >= 0.3 is 0 Å². The van der Waals surface area contributed by atoms with Crippen molar-refractivity contribution in [3.05, 3.63) is 75.8 Å². The molecule has 0 aromatic heterocycles. The predicted molar refractivity (Wildman–Crippen MR) is 75.0 cm³/mol. The highest BCUT2D eigenvalue weighted by Gasteiger charge is 2.17. The summed E-state index contributed by atoms with van der Waals surface area (Å²) in [4.78, 5) is 23.2. The maximum Gasteiger partial charge on any atom is 0.269 e. The Balaban J connectivity index is 2.17. The van der Waals surface area contributed by atoms with E-state index in [-0.39, 0.29) is 17.8 Å². The van der Waals surface area contributed by atoms with E-state index in [1.54, 1.807) is 0 Å². The average Bonchev–Trinajstić information content (AvgIpc) is 2.53. The number of benzene rings is 2. The molecule has 2 aromatic carbocycles. The molecule has 6 nitrogen and oxygen atoms in total. The number of nitrogens with zero attached hydrogens (tertiary/aromatic N) is 3. The Labute approximate surface area is 121 Å². The van der Waals surface area contributed by atoms with Crippen LogP contribution in [-0.4, -0.2) is 15.7 Å². The summed E-state index contributed by atoms with van der Waals surface area (Å²) in [5, 5.41) is 19.7. The lowest BCUT2D eigenvalue weighted by Crippen LogP contribution is -2.25. The summed E-state index contributed by atoms with van der Waals surface area (Å²) in [5.41, 5.74) is 0.963. The van der Waals surface area contributed by atoms with Gasteiger partial charge in [-0.05, 0) is 17.7 Å². The van der Waals surface area contributed by atoms with Crippen molar-refractivity contribution in [1.29, 1.82) is 5.26 Å². The van der Waals surface area contributed by atoms with Crippen molar-refractivity contribution in [2.75, 3.05) is 0 Å². The predicted octanol–water partition coefficient (Wildman–Crippen LogP) is 2.72. The second kappa shape index (κ2) is 6.30. The number of carbonyl (C=O) groups excluding carboxylic acids is 1. The number of nitro groups is 1. The van der Waals surface area contributed by atoms with E-state index in [1.807, 2.05) is 36.5 Å². The molecule has 0 saturated carbocycles. The fourth-order valence-corrected chi connectivity index (χ4v) is 1.80. The summed E-state index contributed by atoms with van der Waals surface area (Å²) in [6, 6.07) is 14.3. The molecule has 0 spiro atoms. The van der Waals surface area contributed by atoms with E-state index in [4.69, 9.17) is 5.26 Å². The number of nitro benzene ring substituents is 1. The number of nitriles is 1. The highest BCUT2D eigenvalue weighted by molar-refractivity contribution is 5.95. The Bertz CT molecular complexity index is 690. The molecule has 104 valence electrons. The van der Waals surface area contributed by atoms with Crippen molar-refractivity contribution in [3.8, 4) is 6.19 Å². The van der Waals surface area contributed by atoms with Crippen LogP contribution in [0.1, 0.15) is 15.9 Å². The number of hydrogen-bond donors (Lipinski definition) is 0. The number of carbonyl (C=O) groups is 1. The second-order valence-corrected chi connectivity index (χ2v) is 4.28. The Hall–Kier alpha value is -3.20. The van der Waals surface area contributed by atoms with Gasteiger partial charge in [0.15, 0.2) is 6.19 Å². The van der Waals surface area contributed by atoms with Gasteiger partial charge in [0, 0.05) is 17.7 Å². The van der Waals surface area contributed by atoms with Crippen LogP contribution in [0.2, 0.25) is 0 Å². The molecule has 0 bridgehead atoms. The van der Waals surface area contributed by atoms with E-state index >= 15 is 0 Å². The Morgan fingerprint density at radius 2 is 1.76 bits per heavy atom. The van der Waals surface area contributed by atoms with E-state index in [2.05, 4.69) is 0 Å². The summed E-state index contributed by atoms with van der Waals surface area (Å²) in [6.07, 6.45) is 1.84. The van der Waals surface area contributed by atoms with Crippen LogP contribution < -0.4 is 0 Å². The van der Waals surface area contributed by atoms with Crippen molar-refractivity contribution >= 4 is 11.6 Å². The van der Waals surface area contributed by atoms with Crippen molar-refractivity contribution in [3.63, 3.8) is 0 Å². The molecule has 0 unspecified atom stereocenters. The summed E-state index contributed by atoms with van der Waals surface area (Å²) in [5.74, 6) is -0.490. The van der Waals surface area contributed by atoms with Crippen molar-refractivity contribution < 1.29 is 9.72 Å². The molecule has 21 heavy (non-hydrogen) atoms. The van der Waals surface area contributed by atoms with E-state index < -0.39 is 10.8 Å². The maximum atomic E-state index is 12.2. The third-order valence-electron chi connectivity index (χ3n) is 2.87. The quantitative estimate of drug-likeness (QED) is 0.373. The van der Waals surface area contributed by atoms with Gasteiger partial charge in [-0.25, -0.2) is 4.90 Å². The first-order valence-corrected chi connectivity index (χ1v) is 6.12. The lowest BCUT2D eigenvalue weighted by molar-refractivity contribution is -0.384. The highest BCUT2D eigenvalue weighted by Crippen LogP contribution is 2.14. The molecule has 0 radical (unpaired) electrons. The minimum atomic E-state index is -0.541. The summed E-state index contributed by atoms with van der Waals surface area (Å²) < 4.78 is 0. The lowest BCUT2D eigenvalue weighted by atomic mass is 10.1. The molecule has 0 fully saturated rings. The highest BCUT2D eigenvalue weighted by atomic mass is 16.6. The van der Waals surface area contributed by atoms with Crippen LogP contribution in [0.25, 0.3) is 0 Å². The first-order chi connectivity index (χ1) is 10.1. The third-order valence-corrected chi connectivity index (χ3v) is 2.87. The summed E-state index contributed by atoms with van der Waals surface area (Å²) in [7, 11) is 0. The van der Waals surface area contributed by atoms with Gasteiger partial charge in [0.2, 0.25) is 0 Å². The van der Waals surface area contributed by atoms with Crippen LogP contribution in [0, 0.1) is 21.6 Å². The monoisotopic (exact) mass is 281 g/mol. The fourth-order valence-electron chi connectivity index (χ4n) is 1.80. The molecular formula is C15H11N3O3. The van der Waals surface area contributed by atoms with Gasteiger partial charge in [0.05, 0.1) is 11.5 Å². The van der Waals surface area contributed by atoms with E-state index in [0.29, 0.717) is 0 Å². The first kappa shape index (κ1) is 14.2. The zero-order chi connectivity index (χ0) is 15.2. The van der Waals surface area contributed by atoms with Crippen molar-refractivity contribution in [2.45, 2.75) is 6.54 Å². The van der Waals surface area contributed by atoms with Crippen LogP contribution in [0.4, 0.5) is 5.69 Å². The number of hydrogen-bond acceptors (Lipinski definition) is 4. The van der Waals surface area contributed by atoms with Gasteiger partial charge in [-0.1, -0.05) is 30.3 Å². The minimum absolute atomic E-state index is 0.0990. The molecule has 0 aliphatic carbocycles. The SMILES string of the molecule is N#CN(Cc1ccccc1)C(=O)c1ccc([N+](=O)[O-])cc1. The van der Waals surface area contributed by atoms with Gasteiger partial charge in [-0.3, -0.25) is 14.9 Å². The molecule has 6 heteroatoms. The molecule has 2 aromatic rings. The number of amides is 1. The zero-order valence-corrected chi connectivity index (χ0v) is 11.0. The third kappa shape index (κ3) is 3.42. The Morgan fingerprint density at radius 1 is 1.14 bits per heavy atom. The normalized spacial score (nSPS) is 9.67. The smallest absolute Gasteiger partial charge is 0.268 e. The molecule has 0 N–H and O–H groups in total. The Kier molecular flexibility index (Phi) is 4.26. The molecule has 0 saturated heterocycles. The maximum absolute atomic E-state index is 12.2. The summed E-state index contributed by atoms with van der Waals surface area (Å²) in [6.45, 7) is 0.160. The van der Waals surface area contributed by atoms with Crippen LogP contribution in [0.15, 0.2) is 54.6 Å². The average molecular weight is 281 g/mol. The van der Waals surface area contributed by atoms with Crippen LogP contribution >= 0.6 is 0 Å². The van der Waals surface area contributed by atoms with Crippen LogP contribution in [0.5, 0.6) is 0 Å². The zero-order valence-electron chi connectivity index (χ0n) is 11.0. The van der Waals surface area contributed by atoms with E-state index in [9.17, 15) is 14.9 Å². The number of rotatable bonds is 4. The number of non-ortho nitro benzene ring substituents is 1. The second-order valence-electron chi connectivity index (χ2n) is 4.28. The van der Waals surface area contributed by atoms with E-state index in [0.717, 1.165) is 10.5 Å². The molecule has 0 heterocycles. The molecular weight excluding hydrogens is 270 g/mol. The largest absolute Gasteiger partial charge is 0.269 e.